The number of benzene rings is 1. The van der Waals surface area contributed by atoms with Gasteiger partial charge < -0.3 is 9.84 Å². The van der Waals surface area contributed by atoms with E-state index in [4.69, 9.17) is 16.3 Å². The molecule has 0 fully saturated rings. The molecule has 126 valence electrons. The summed E-state index contributed by atoms with van der Waals surface area (Å²) in [6, 6.07) is 6.12. The first-order chi connectivity index (χ1) is 10.5. The van der Waals surface area contributed by atoms with E-state index in [0.29, 0.717) is 10.6 Å². The molecule has 6 heteroatoms. The van der Waals surface area contributed by atoms with Crippen molar-refractivity contribution in [3.05, 3.63) is 41.1 Å². The number of carboxylic acids is 1. The predicted molar refractivity (Wildman–Crippen MR) is 90.3 cm³/mol. The number of ether oxygens (including phenoxy) is 1. The van der Waals surface area contributed by atoms with Gasteiger partial charge in [0.25, 0.3) is 0 Å². The molecule has 0 bridgehead atoms. The lowest BCUT2D eigenvalue weighted by Gasteiger charge is -2.28. The summed E-state index contributed by atoms with van der Waals surface area (Å²) in [4.78, 5) is 25.1. The van der Waals surface area contributed by atoms with Crippen LogP contribution in [0.25, 0.3) is 5.57 Å². The van der Waals surface area contributed by atoms with Crippen LogP contribution in [0.4, 0.5) is 4.79 Å². The summed E-state index contributed by atoms with van der Waals surface area (Å²) in [5, 5.41) is 9.97. The molecule has 0 atom stereocenters. The number of nitrogens with zero attached hydrogens (tertiary/aromatic N) is 1. The van der Waals surface area contributed by atoms with Crippen LogP contribution in [-0.2, 0) is 9.53 Å². The second-order valence-electron chi connectivity index (χ2n) is 6.34. The Labute approximate surface area is 141 Å². The summed E-state index contributed by atoms with van der Waals surface area (Å²) >= 11 is 5.82. The normalized spacial score (nSPS) is 12.2. The molecule has 0 saturated heterocycles. The first-order valence-electron chi connectivity index (χ1n) is 7.23. The molecule has 0 aromatic heterocycles. The van der Waals surface area contributed by atoms with Crippen molar-refractivity contribution >= 4 is 29.2 Å². The van der Waals surface area contributed by atoms with E-state index in [2.05, 4.69) is 0 Å². The van der Waals surface area contributed by atoms with E-state index in [-0.39, 0.29) is 11.6 Å². The monoisotopic (exact) mass is 339 g/mol. The van der Waals surface area contributed by atoms with Gasteiger partial charge in [-0.25, -0.2) is 9.59 Å². The van der Waals surface area contributed by atoms with E-state index < -0.39 is 17.7 Å². The highest BCUT2D eigenvalue weighted by Gasteiger charge is 2.24. The second-order valence-corrected chi connectivity index (χ2v) is 6.77. The summed E-state index contributed by atoms with van der Waals surface area (Å²) in [7, 11) is 0. The highest BCUT2D eigenvalue weighted by molar-refractivity contribution is 6.30. The van der Waals surface area contributed by atoms with E-state index >= 15 is 0 Å². The molecule has 0 aliphatic rings. The fourth-order valence-corrected chi connectivity index (χ4v) is 1.87. The predicted octanol–water partition coefficient (Wildman–Crippen LogP) is 4.41. The highest BCUT2D eigenvalue weighted by atomic mass is 35.5. The van der Waals surface area contributed by atoms with Crippen LogP contribution in [-0.4, -0.2) is 33.7 Å². The van der Waals surface area contributed by atoms with Crippen molar-refractivity contribution < 1.29 is 19.4 Å². The van der Waals surface area contributed by atoms with Gasteiger partial charge in [-0.15, -0.1) is 0 Å². The molecule has 0 heterocycles. The minimum Gasteiger partial charge on any atom is -0.478 e. The lowest BCUT2D eigenvalue weighted by Crippen LogP contribution is -2.37. The molecule has 0 aliphatic carbocycles. The fraction of sp³-hybridized carbons (Fsp3) is 0.412. The maximum Gasteiger partial charge on any atom is 0.414 e. The Morgan fingerprint density at radius 2 is 1.74 bits per heavy atom. The Hall–Kier alpha value is -2.01. The maximum atomic E-state index is 12.3. The number of aliphatic carboxylic acids is 1. The summed E-state index contributed by atoms with van der Waals surface area (Å²) in [5.74, 6) is -1.14. The molecule has 0 unspecified atom stereocenters. The average molecular weight is 340 g/mol. The maximum absolute atomic E-state index is 12.3. The third-order valence-electron chi connectivity index (χ3n) is 2.81. The smallest absolute Gasteiger partial charge is 0.414 e. The Morgan fingerprint density at radius 3 is 2.13 bits per heavy atom. The Balaban J connectivity index is 3.22. The van der Waals surface area contributed by atoms with Gasteiger partial charge in [0.15, 0.2) is 0 Å². The molecule has 0 spiro atoms. The first-order valence-corrected chi connectivity index (χ1v) is 7.61. The molecule has 23 heavy (non-hydrogen) atoms. The minimum absolute atomic E-state index is 0.0128. The van der Waals surface area contributed by atoms with E-state index in [1.807, 2.05) is 0 Å². The van der Waals surface area contributed by atoms with Gasteiger partial charge in [-0.05, 0) is 52.3 Å². The van der Waals surface area contributed by atoms with Gasteiger partial charge in [-0.1, -0.05) is 23.7 Å². The molecule has 1 rings (SSSR count). The van der Waals surface area contributed by atoms with Crippen LogP contribution in [0.1, 0.15) is 40.2 Å². The highest BCUT2D eigenvalue weighted by Crippen LogP contribution is 2.21. The number of hydrogen-bond donors (Lipinski definition) is 1. The van der Waals surface area contributed by atoms with Crippen LogP contribution in [0.15, 0.2) is 30.5 Å². The molecule has 1 amide bonds. The number of carbonyl (C=O) groups is 2. The van der Waals surface area contributed by atoms with Gasteiger partial charge in [0.1, 0.15) is 5.60 Å². The van der Waals surface area contributed by atoms with Gasteiger partial charge >= 0.3 is 12.1 Å². The minimum atomic E-state index is -1.14. The number of rotatable bonds is 4. The molecule has 0 aliphatic heterocycles. The molecule has 1 aromatic rings. The molecular weight excluding hydrogens is 318 g/mol. The van der Waals surface area contributed by atoms with E-state index in [9.17, 15) is 14.7 Å². The van der Waals surface area contributed by atoms with Crippen LogP contribution in [0, 0.1) is 0 Å². The van der Waals surface area contributed by atoms with Gasteiger partial charge in [0, 0.05) is 17.3 Å². The second kappa shape index (κ2) is 7.51. The summed E-state index contributed by atoms with van der Waals surface area (Å²) in [5.41, 5.74) is -0.223. The lowest BCUT2D eigenvalue weighted by molar-refractivity contribution is -0.130. The average Bonchev–Trinajstić information content (AvgIpc) is 2.38. The first kappa shape index (κ1) is 19.0. The van der Waals surface area contributed by atoms with Gasteiger partial charge in [-0.2, -0.15) is 0 Å². The van der Waals surface area contributed by atoms with Crippen molar-refractivity contribution in [1.82, 2.24) is 4.90 Å². The Kier molecular flexibility index (Phi) is 6.21. The van der Waals surface area contributed by atoms with Crippen LogP contribution in [0.2, 0.25) is 5.02 Å². The number of carbonyl (C=O) groups excluding carboxylic acids is 1. The Morgan fingerprint density at radius 1 is 1.22 bits per heavy atom. The molecule has 1 N–H and O–H groups in total. The molecule has 0 radical (unpaired) electrons. The SMILES string of the molecule is CC(C)N(/C=C(\C(=O)O)c1ccc(Cl)cc1)C(=O)OC(C)(C)C. The van der Waals surface area contributed by atoms with Crippen LogP contribution in [0.3, 0.4) is 0 Å². The zero-order chi connectivity index (χ0) is 17.8. The van der Waals surface area contributed by atoms with Gasteiger partial charge in [-0.3, -0.25) is 4.90 Å². The van der Waals surface area contributed by atoms with E-state index in [1.54, 1.807) is 58.9 Å². The molecule has 1 aromatic carbocycles. The van der Waals surface area contributed by atoms with Crippen molar-refractivity contribution in [1.29, 1.82) is 0 Å². The van der Waals surface area contributed by atoms with Crippen molar-refractivity contribution in [2.45, 2.75) is 46.3 Å². The van der Waals surface area contributed by atoms with Gasteiger partial charge in [0.05, 0.1) is 5.57 Å². The summed E-state index contributed by atoms with van der Waals surface area (Å²) in [6.45, 7) is 8.82. The lowest BCUT2D eigenvalue weighted by atomic mass is 10.1. The third kappa shape index (κ3) is 5.94. The van der Waals surface area contributed by atoms with Crippen molar-refractivity contribution in [2.75, 3.05) is 0 Å². The zero-order valence-electron chi connectivity index (χ0n) is 14.0. The quantitative estimate of drug-likeness (QED) is 0.825. The standard InChI is InChI=1S/C17H22ClNO4/c1-11(2)19(16(22)23-17(3,4)5)10-14(15(20)21)12-6-8-13(18)9-7-12/h6-11H,1-5H3,(H,20,21)/b14-10-. The number of carboxylic acid groups (broad SMARTS) is 1. The van der Waals surface area contributed by atoms with Crippen LogP contribution >= 0.6 is 11.6 Å². The van der Waals surface area contributed by atoms with E-state index in [0.717, 1.165) is 0 Å². The van der Waals surface area contributed by atoms with Crippen molar-refractivity contribution in [2.24, 2.45) is 0 Å². The number of halogens is 1. The number of hydrogen-bond acceptors (Lipinski definition) is 3. The zero-order valence-corrected chi connectivity index (χ0v) is 14.7. The fourth-order valence-electron chi connectivity index (χ4n) is 1.75. The third-order valence-corrected chi connectivity index (χ3v) is 3.07. The number of amides is 1. The Bertz CT molecular complexity index is 600. The van der Waals surface area contributed by atoms with Gasteiger partial charge in [0.2, 0.25) is 0 Å². The van der Waals surface area contributed by atoms with Crippen LogP contribution < -0.4 is 0 Å². The van der Waals surface area contributed by atoms with Crippen molar-refractivity contribution in [3.8, 4) is 0 Å². The van der Waals surface area contributed by atoms with Crippen molar-refractivity contribution in [3.63, 3.8) is 0 Å². The van der Waals surface area contributed by atoms with E-state index in [1.165, 1.54) is 11.1 Å². The molecular formula is C17H22ClNO4. The molecule has 5 nitrogen and oxygen atoms in total. The summed E-state index contributed by atoms with van der Waals surface area (Å²) < 4.78 is 5.33. The topological polar surface area (TPSA) is 66.8 Å². The van der Waals surface area contributed by atoms with Crippen LogP contribution in [0.5, 0.6) is 0 Å². The molecule has 0 saturated carbocycles. The summed E-state index contributed by atoms with van der Waals surface area (Å²) in [6.07, 6.45) is 0.699. The largest absolute Gasteiger partial charge is 0.478 e.